The highest BCUT2D eigenvalue weighted by Gasteiger charge is 2.20. The van der Waals surface area contributed by atoms with Crippen molar-refractivity contribution in [1.29, 1.82) is 0 Å². The van der Waals surface area contributed by atoms with Gasteiger partial charge in [-0.3, -0.25) is 9.78 Å². The highest BCUT2D eigenvalue weighted by molar-refractivity contribution is 7.88. The molecule has 1 amide bonds. The fraction of sp³-hybridized carbons (Fsp3) is 0.357. The number of sulfonamides is 1. The summed E-state index contributed by atoms with van der Waals surface area (Å²) in [5.74, 6) is -0.341. The average molecular weight is 337 g/mol. The van der Waals surface area contributed by atoms with Gasteiger partial charge >= 0.3 is 0 Å². The predicted octanol–water partition coefficient (Wildman–Crippen LogP) is 0.478. The topological polar surface area (TPSA) is 97.2 Å². The lowest BCUT2D eigenvalue weighted by Crippen LogP contribution is -2.40. The first-order valence-electron chi connectivity index (χ1n) is 7.03. The Morgan fingerprint density at radius 1 is 1.43 bits per heavy atom. The maximum Gasteiger partial charge on any atom is 0.242 e. The van der Waals surface area contributed by atoms with E-state index in [-0.39, 0.29) is 12.5 Å². The van der Waals surface area contributed by atoms with Crippen molar-refractivity contribution in [3.05, 3.63) is 36.4 Å². The minimum absolute atomic E-state index is 0.288. The minimum Gasteiger partial charge on any atom is -0.308 e. The second kappa shape index (κ2) is 6.88. The number of pyridine rings is 1. The number of likely N-dealkylation sites (N-methyl/N-ethyl adjacent to an activating group) is 1. The van der Waals surface area contributed by atoms with E-state index in [1.54, 1.807) is 36.3 Å². The first-order valence-corrected chi connectivity index (χ1v) is 8.92. The molecule has 0 saturated heterocycles. The van der Waals surface area contributed by atoms with E-state index in [2.05, 4.69) is 14.8 Å². The Hall–Kier alpha value is -2.26. The highest BCUT2D eigenvalue weighted by Crippen LogP contribution is 2.20. The van der Waals surface area contributed by atoms with Gasteiger partial charge < -0.3 is 4.90 Å². The molecular weight excluding hydrogens is 318 g/mol. The Morgan fingerprint density at radius 3 is 2.74 bits per heavy atom. The molecule has 0 fully saturated rings. The molecule has 0 spiro atoms. The van der Waals surface area contributed by atoms with Gasteiger partial charge in [0.05, 0.1) is 42.3 Å². The first kappa shape index (κ1) is 17.1. The van der Waals surface area contributed by atoms with Gasteiger partial charge in [-0.15, -0.1) is 0 Å². The maximum atomic E-state index is 12.3. The van der Waals surface area contributed by atoms with Crippen molar-refractivity contribution in [2.75, 3.05) is 24.2 Å². The molecule has 0 aliphatic rings. The van der Waals surface area contributed by atoms with Crippen LogP contribution in [0.1, 0.15) is 12.6 Å². The maximum absolute atomic E-state index is 12.3. The van der Waals surface area contributed by atoms with E-state index in [1.165, 1.54) is 4.90 Å². The van der Waals surface area contributed by atoms with Gasteiger partial charge in [0.1, 0.15) is 0 Å². The van der Waals surface area contributed by atoms with Gasteiger partial charge in [-0.25, -0.2) is 17.8 Å². The summed E-state index contributed by atoms with van der Waals surface area (Å²) in [5, 5.41) is 4.39. The smallest absolute Gasteiger partial charge is 0.242 e. The van der Waals surface area contributed by atoms with Crippen LogP contribution in [0.25, 0.3) is 5.69 Å². The molecule has 2 heterocycles. The fourth-order valence-electron chi connectivity index (χ4n) is 2.11. The zero-order valence-corrected chi connectivity index (χ0v) is 14.0. The molecular formula is C14H19N5O3S. The van der Waals surface area contributed by atoms with E-state index in [9.17, 15) is 13.2 Å². The molecule has 2 rings (SSSR count). The number of nitrogens with one attached hydrogen (secondary N) is 1. The molecule has 0 aliphatic carbocycles. The quantitative estimate of drug-likeness (QED) is 0.827. The standard InChI is InChI=1S/C14H19N5O3S/c1-4-18(14(20)9-16-23(3,21)22)13-10-19(17-11(13)2)12-6-5-7-15-8-12/h5-8,10,16H,4,9H2,1-3H3. The van der Waals surface area contributed by atoms with Crippen LogP contribution in [0.5, 0.6) is 0 Å². The van der Waals surface area contributed by atoms with Gasteiger partial charge in [0.15, 0.2) is 0 Å². The summed E-state index contributed by atoms with van der Waals surface area (Å²) in [7, 11) is -3.42. The Morgan fingerprint density at radius 2 is 2.17 bits per heavy atom. The number of hydrogen-bond acceptors (Lipinski definition) is 5. The van der Waals surface area contributed by atoms with Crippen molar-refractivity contribution >= 4 is 21.6 Å². The monoisotopic (exact) mass is 337 g/mol. The van der Waals surface area contributed by atoms with Crippen molar-refractivity contribution in [3.8, 4) is 5.69 Å². The zero-order chi connectivity index (χ0) is 17.0. The number of anilines is 1. The third-order valence-corrected chi connectivity index (χ3v) is 3.85. The van der Waals surface area contributed by atoms with Crippen LogP contribution in [-0.4, -0.2) is 48.4 Å². The minimum atomic E-state index is -3.42. The fourth-order valence-corrected chi connectivity index (χ4v) is 2.49. The average Bonchev–Trinajstić information content (AvgIpc) is 2.88. The van der Waals surface area contributed by atoms with Gasteiger partial charge in [-0.1, -0.05) is 0 Å². The van der Waals surface area contributed by atoms with Crippen LogP contribution >= 0.6 is 0 Å². The molecule has 0 bridgehead atoms. The van der Waals surface area contributed by atoms with Crippen LogP contribution < -0.4 is 9.62 Å². The number of nitrogens with zero attached hydrogens (tertiary/aromatic N) is 4. The number of rotatable bonds is 6. The van der Waals surface area contributed by atoms with E-state index in [0.717, 1.165) is 11.9 Å². The van der Waals surface area contributed by atoms with Crippen molar-refractivity contribution in [3.63, 3.8) is 0 Å². The molecule has 124 valence electrons. The van der Waals surface area contributed by atoms with Gasteiger partial charge in [-0.2, -0.15) is 5.10 Å². The van der Waals surface area contributed by atoms with Gasteiger partial charge in [0.25, 0.3) is 0 Å². The molecule has 0 radical (unpaired) electrons. The Kier molecular flexibility index (Phi) is 5.12. The molecule has 0 unspecified atom stereocenters. The molecule has 0 aliphatic heterocycles. The zero-order valence-electron chi connectivity index (χ0n) is 13.2. The molecule has 0 aromatic carbocycles. The Balaban J connectivity index is 2.25. The summed E-state index contributed by atoms with van der Waals surface area (Å²) in [5.41, 5.74) is 2.08. The lowest BCUT2D eigenvalue weighted by molar-refractivity contribution is -0.117. The number of carbonyl (C=O) groups is 1. The Bertz CT molecular complexity index is 786. The van der Waals surface area contributed by atoms with E-state index in [1.807, 2.05) is 13.0 Å². The van der Waals surface area contributed by atoms with E-state index < -0.39 is 10.0 Å². The number of aromatic nitrogens is 3. The molecule has 8 nitrogen and oxygen atoms in total. The molecule has 0 saturated carbocycles. The van der Waals surface area contributed by atoms with E-state index in [4.69, 9.17) is 0 Å². The van der Waals surface area contributed by atoms with Gasteiger partial charge in [-0.05, 0) is 26.0 Å². The van der Waals surface area contributed by atoms with Crippen LogP contribution in [0.15, 0.2) is 30.7 Å². The summed E-state index contributed by atoms with van der Waals surface area (Å²) < 4.78 is 26.1. The Labute approximate surface area is 135 Å². The van der Waals surface area contributed by atoms with Crippen LogP contribution in [-0.2, 0) is 14.8 Å². The number of carbonyl (C=O) groups excluding carboxylic acids is 1. The molecule has 2 aromatic heterocycles. The second-order valence-corrected chi connectivity index (χ2v) is 6.82. The lowest BCUT2D eigenvalue weighted by Gasteiger charge is -2.19. The van der Waals surface area contributed by atoms with E-state index in [0.29, 0.717) is 17.9 Å². The summed E-state index contributed by atoms with van der Waals surface area (Å²) in [6.45, 7) is 3.73. The van der Waals surface area contributed by atoms with Crippen molar-refractivity contribution < 1.29 is 13.2 Å². The normalized spacial score (nSPS) is 11.4. The van der Waals surface area contributed by atoms with Crippen LogP contribution in [0.2, 0.25) is 0 Å². The predicted molar refractivity (Wildman–Crippen MR) is 87.0 cm³/mol. The third-order valence-electron chi connectivity index (χ3n) is 3.18. The summed E-state index contributed by atoms with van der Waals surface area (Å²) in [4.78, 5) is 17.8. The molecule has 0 atom stereocenters. The number of hydrogen-bond donors (Lipinski definition) is 1. The summed E-state index contributed by atoms with van der Waals surface area (Å²) in [6, 6.07) is 3.65. The summed E-state index contributed by atoms with van der Waals surface area (Å²) >= 11 is 0. The number of amides is 1. The first-order chi connectivity index (χ1) is 10.8. The molecule has 2 aromatic rings. The van der Waals surface area contributed by atoms with Crippen molar-refractivity contribution in [1.82, 2.24) is 19.5 Å². The second-order valence-electron chi connectivity index (χ2n) is 4.99. The number of aryl methyl sites for hydroxylation is 1. The lowest BCUT2D eigenvalue weighted by atomic mass is 10.3. The highest BCUT2D eigenvalue weighted by atomic mass is 32.2. The van der Waals surface area contributed by atoms with Crippen molar-refractivity contribution in [2.24, 2.45) is 0 Å². The molecule has 9 heteroatoms. The molecule has 1 N–H and O–H groups in total. The van der Waals surface area contributed by atoms with Gasteiger partial charge in [0, 0.05) is 12.7 Å². The van der Waals surface area contributed by atoms with Crippen molar-refractivity contribution in [2.45, 2.75) is 13.8 Å². The third kappa shape index (κ3) is 4.36. The van der Waals surface area contributed by atoms with Crippen LogP contribution in [0.4, 0.5) is 5.69 Å². The van der Waals surface area contributed by atoms with Crippen LogP contribution in [0.3, 0.4) is 0 Å². The van der Waals surface area contributed by atoms with E-state index >= 15 is 0 Å². The van der Waals surface area contributed by atoms with Gasteiger partial charge in [0.2, 0.25) is 15.9 Å². The molecule has 23 heavy (non-hydrogen) atoms. The SMILES string of the molecule is CCN(C(=O)CNS(C)(=O)=O)c1cn(-c2cccnc2)nc1C. The van der Waals surface area contributed by atoms with Crippen LogP contribution in [0, 0.1) is 6.92 Å². The largest absolute Gasteiger partial charge is 0.308 e. The summed E-state index contributed by atoms with van der Waals surface area (Å²) in [6.07, 6.45) is 6.08.